The van der Waals surface area contributed by atoms with Crippen LogP contribution in [0.15, 0.2) is 83.3 Å². The second kappa shape index (κ2) is 9.30. The average Bonchev–Trinajstić information content (AvgIpc) is 2.73. The van der Waals surface area contributed by atoms with Gasteiger partial charge in [0.15, 0.2) is 5.78 Å². The third-order valence-electron chi connectivity index (χ3n) is 4.43. The predicted molar refractivity (Wildman–Crippen MR) is 115 cm³/mol. The van der Waals surface area contributed by atoms with Crippen LogP contribution in [0.4, 0.5) is 0 Å². The number of carbonyl (C=O) groups excluding carboxylic acids is 3. The van der Waals surface area contributed by atoms with Gasteiger partial charge < -0.3 is 11.1 Å². The Morgan fingerprint density at radius 2 is 1.45 bits per heavy atom. The van der Waals surface area contributed by atoms with E-state index < -0.39 is 11.9 Å². The summed E-state index contributed by atoms with van der Waals surface area (Å²) in [5.41, 5.74) is 7.85. The van der Waals surface area contributed by atoms with Gasteiger partial charge in [-0.1, -0.05) is 76.6 Å². The maximum Gasteiger partial charge on any atom is 0.251 e. The molecule has 2 amide bonds. The lowest BCUT2D eigenvalue weighted by atomic mass is 9.99. The second-order valence-corrected chi connectivity index (χ2v) is 7.45. The predicted octanol–water partition coefficient (Wildman–Crippen LogP) is 3.51. The summed E-state index contributed by atoms with van der Waals surface area (Å²) in [6, 6.07) is 21.9. The zero-order chi connectivity index (χ0) is 20.8. The first kappa shape index (κ1) is 20.5. The van der Waals surface area contributed by atoms with Gasteiger partial charge in [-0.15, -0.1) is 0 Å². The Morgan fingerprint density at radius 3 is 2.07 bits per heavy atom. The lowest BCUT2D eigenvalue weighted by molar-refractivity contribution is -0.119. The van der Waals surface area contributed by atoms with E-state index in [9.17, 15) is 14.4 Å². The summed E-state index contributed by atoms with van der Waals surface area (Å²) in [6.45, 7) is 0. The summed E-state index contributed by atoms with van der Waals surface area (Å²) in [6.07, 6.45) is 0.231. The molecule has 0 saturated carbocycles. The zero-order valence-electron chi connectivity index (χ0n) is 15.5. The van der Waals surface area contributed by atoms with Crippen molar-refractivity contribution in [1.82, 2.24) is 5.32 Å². The molecule has 0 heterocycles. The monoisotopic (exact) mass is 450 g/mol. The highest BCUT2D eigenvalue weighted by atomic mass is 79.9. The number of hydrogen-bond acceptors (Lipinski definition) is 3. The van der Waals surface area contributed by atoms with Crippen LogP contribution in [0, 0.1) is 0 Å². The highest BCUT2D eigenvalue weighted by Crippen LogP contribution is 2.14. The van der Waals surface area contributed by atoms with Crippen molar-refractivity contribution in [2.24, 2.45) is 5.73 Å². The van der Waals surface area contributed by atoms with Crippen molar-refractivity contribution < 1.29 is 14.4 Å². The van der Waals surface area contributed by atoms with Crippen LogP contribution in [0.25, 0.3) is 0 Å². The van der Waals surface area contributed by atoms with E-state index in [1.54, 1.807) is 60.7 Å². The lowest BCUT2D eigenvalue weighted by Crippen LogP contribution is -2.45. The average molecular weight is 451 g/mol. The quantitative estimate of drug-likeness (QED) is 0.539. The molecule has 0 fully saturated rings. The van der Waals surface area contributed by atoms with Crippen LogP contribution in [0.3, 0.4) is 0 Å². The molecule has 5 nitrogen and oxygen atoms in total. The van der Waals surface area contributed by atoms with Crippen LogP contribution in [0.5, 0.6) is 0 Å². The topological polar surface area (TPSA) is 89.3 Å². The molecule has 3 aromatic carbocycles. The summed E-state index contributed by atoms with van der Waals surface area (Å²) in [5, 5.41) is 2.67. The largest absolute Gasteiger partial charge is 0.368 e. The van der Waals surface area contributed by atoms with E-state index in [1.165, 1.54) is 0 Å². The van der Waals surface area contributed by atoms with E-state index in [0.29, 0.717) is 16.7 Å². The maximum absolute atomic E-state index is 12.5. The Balaban J connectivity index is 1.70. The van der Waals surface area contributed by atoms with E-state index in [2.05, 4.69) is 21.2 Å². The van der Waals surface area contributed by atoms with Crippen LogP contribution >= 0.6 is 15.9 Å². The van der Waals surface area contributed by atoms with Gasteiger partial charge in [0.05, 0.1) is 0 Å². The molecule has 1 atom stereocenters. The Kier molecular flexibility index (Phi) is 6.57. The van der Waals surface area contributed by atoms with Crippen molar-refractivity contribution in [3.05, 3.63) is 106 Å². The molecule has 0 bridgehead atoms. The van der Waals surface area contributed by atoms with E-state index in [-0.39, 0.29) is 18.1 Å². The first-order valence-electron chi connectivity index (χ1n) is 8.98. The first-order chi connectivity index (χ1) is 13.9. The molecule has 0 aliphatic heterocycles. The minimum atomic E-state index is -0.864. The summed E-state index contributed by atoms with van der Waals surface area (Å²) in [5.74, 6) is -1.09. The molecule has 0 spiro atoms. The van der Waals surface area contributed by atoms with Gasteiger partial charge in [0.1, 0.15) is 6.04 Å². The number of nitrogens with two attached hydrogens (primary N) is 1. The fourth-order valence-corrected chi connectivity index (χ4v) is 3.28. The normalized spacial score (nSPS) is 11.5. The molecular weight excluding hydrogens is 432 g/mol. The number of halogens is 1. The number of nitrogens with one attached hydrogen (secondary N) is 1. The molecule has 0 aromatic heterocycles. The molecule has 0 unspecified atom stereocenters. The van der Waals surface area contributed by atoms with Gasteiger partial charge in [-0.2, -0.15) is 0 Å². The SMILES string of the molecule is NC(=O)[C@H](Cc1ccc(C(=O)c2ccccc2)cc1)NC(=O)c1cccc(Br)c1. The van der Waals surface area contributed by atoms with Gasteiger partial charge in [-0.05, 0) is 23.8 Å². The van der Waals surface area contributed by atoms with E-state index >= 15 is 0 Å². The first-order valence-corrected chi connectivity index (χ1v) is 9.78. The lowest BCUT2D eigenvalue weighted by Gasteiger charge is -2.16. The third kappa shape index (κ3) is 5.39. The Bertz CT molecular complexity index is 1030. The van der Waals surface area contributed by atoms with Gasteiger partial charge >= 0.3 is 0 Å². The molecular formula is C23H19BrN2O3. The van der Waals surface area contributed by atoms with Crippen molar-refractivity contribution in [3.8, 4) is 0 Å². The number of rotatable bonds is 7. The standard InChI is InChI=1S/C23H19BrN2O3/c24-19-8-4-7-18(14-19)23(29)26-20(22(25)28)13-15-9-11-17(12-10-15)21(27)16-5-2-1-3-6-16/h1-12,14,20H,13H2,(H2,25,28)(H,26,29)/t20-/m0/s1. The zero-order valence-corrected chi connectivity index (χ0v) is 17.1. The molecule has 6 heteroatoms. The number of amides is 2. The molecule has 0 aliphatic carbocycles. The van der Waals surface area contributed by atoms with Crippen LogP contribution in [0.2, 0.25) is 0 Å². The third-order valence-corrected chi connectivity index (χ3v) is 4.92. The molecule has 0 saturated heterocycles. The fourth-order valence-electron chi connectivity index (χ4n) is 2.88. The van der Waals surface area contributed by atoms with Crippen molar-refractivity contribution in [2.75, 3.05) is 0 Å². The Hall–Kier alpha value is -3.25. The summed E-state index contributed by atoms with van der Waals surface area (Å²) < 4.78 is 0.763. The number of carbonyl (C=O) groups is 3. The van der Waals surface area contributed by atoms with E-state index in [0.717, 1.165) is 10.0 Å². The number of hydrogen-bond donors (Lipinski definition) is 2. The molecule has 0 radical (unpaired) electrons. The second-order valence-electron chi connectivity index (χ2n) is 6.53. The van der Waals surface area contributed by atoms with Gasteiger partial charge in [0, 0.05) is 27.6 Å². The molecule has 3 N–H and O–H groups in total. The van der Waals surface area contributed by atoms with Gasteiger partial charge in [-0.25, -0.2) is 0 Å². The van der Waals surface area contributed by atoms with Crippen LogP contribution < -0.4 is 11.1 Å². The van der Waals surface area contributed by atoms with Crippen LogP contribution in [0.1, 0.15) is 31.8 Å². The van der Waals surface area contributed by atoms with Crippen molar-refractivity contribution in [2.45, 2.75) is 12.5 Å². The van der Waals surface area contributed by atoms with Crippen LogP contribution in [-0.4, -0.2) is 23.6 Å². The maximum atomic E-state index is 12.5. The number of benzene rings is 3. The van der Waals surface area contributed by atoms with Gasteiger partial charge in [0.2, 0.25) is 5.91 Å². The minimum Gasteiger partial charge on any atom is -0.368 e. The summed E-state index contributed by atoms with van der Waals surface area (Å²) >= 11 is 3.32. The molecule has 3 aromatic rings. The number of primary amides is 1. The summed E-state index contributed by atoms with van der Waals surface area (Å²) in [4.78, 5) is 36.7. The number of ketones is 1. The van der Waals surface area contributed by atoms with E-state index in [4.69, 9.17) is 5.73 Å². The van der Waals surface area contributed by atoms with Gasteiger partial charge in [0.25, 0.3) is 5.91 Å². The van der Waals surface area contributed by atoms with Crippen molar-refractivity contribution in [3.63, 3.8) is 0 Å². The van der Waals surface area contributed by atoms with Gasteiger partial charge in [-0.3, -0.25) is 14.4 Å². The smallest absolute Gasteiger partial charge is 0.251 e. The van der Waals surface area contributed by atoms with Crippen LogP contribution in [-0.2, 0) is 11.2 Å². The van der Waals surface area contributed by atoms with Crippen molar-refractivity contribution in [1.29, 1.82) is 0 Å². The molecule has 0 aliphatic rings. The summed E-state index contributed by atoms with van der Waals surface area (Å²) in [7, 11) is 0. The minimum absolute atomic E-state index is 0.0773. The van der Waals surface area contributed by atoms with E-state index in [1.807, 2.05) is 18.2 Å². The fraction of sp³-hybridized carbons (Fsp3) is 0.0870. The Morgan fingerprint density at radius 1 is 0.828 bits per heavy atom. The van der Waals surface area contributed by atoms with Crippen molar-refractivity contribution >= 4 is 33.5 Å². The highest BCUT2D eigenvalue weighted by molar-refractivity contribution is 9.10. The Labute approximate surface area is 177 Å². The molecule has 29 heavy (non-hydrogen) atoms. The molecule has 146 valence electrons. The highest BCUT2D eigenvalue weighted by Gasteiger charge is 2.20. The molecule has 3 rings (SSSR count).